The van der Waals surface area contributed by atoms with Crippen LogP contribution in [0.15, 0.2) is 34.8 Å². The van der Waals surface area contributed by atoms with Crippen molar-refractivity contribution in [2.75, 3.05) is 12.3 Å². The van der Waals surface area contributed by atoms with E-state index in [1.165, 1.54) is 17.4 Å². The van der Waals surface area contributed by atoms with Crippen molar-refractivity contribution in [2.45, 2.75) is 6.92 Å². The Bertz CT molecular complexity index is 712. The quantitative estimate of drug-likeness (QED) is 0.377. The minimum Gasteiger partial charge on any atom is -0.462 e. The fraction of sp³-hybridized carbons (Fsp3) is 0.143. The molecule has 114 valence electrons. The van der Waals surface area contributed by atoms with Crippen molar-refractivity contribution in [1.29, 1.82) is 0 Å². The summed E-state index contributed by atoms with van der Waals surface area (Å²) in [5.41, 5.74) is 6.18. The number of nitrogen functional groups attached to an aromatic ring is 1. The van der Waals surface area contributed by atoms with Crippen molar-refractivity contribution >= 4 is 34.4 Å². The van der Waals surface area contributed by atoms with E-state index >= 15 is 0 Å². The van der Waals surface area contributed by atoms with Crippen molar-refractivity contribution in [3.8, 4) is 5.75 Å². The number of nitrogens with zero attached hydrogens (tertiary/aromatic N) is 2. The SMILES string of the molecule is CCOC(=O)c1cccc(ON=C(C=O)c2csc(N)n2)c1. The summed E-state index contributed by atoms with van der Waals surface area (Å²) in [6.07, 6.45) is 0.518. The average Bonchev–Trinajstić information content (AvgIpc) is 2.95. The van der Waals surface area contributed by atoms with E-state index in [1.54, 1.807) is 30.5 Å². The van der Waals surface area contributed by atoms with Gasteiger partial charge < -0.3 is 15.3 Å². The van der Waals surface area contributed by atoms with Crippen molar-refractivity contribution in [1.82, 2.24) is 4.98 Å². The maximum absolute atomic E-state index is 11.6. The second kappa shape index (κ2) is 7.32. The van der Waals surface area contributed by atoms with Gasteiger partial charge in [-0.3, -0.25) is 4.79 Å². The first-order chi connectivity index (χ1) is 10.6. The highest BCUT2D eigenvalue weighted by Gasteiger charge is 2.10. The minimum absolute atomic E-state index is 0.00878. The van der Waals surface area contributed by atoms with Crippen LogP contribution in [0, 0.1) is 0 Å². The van der Waals surface area contributed by atoms with E-state index in [2.05, 4.69) is 10.1 Å². The Morgan fingerprint density at radius 2 is 2.32 bits per heavy atom. The molecule has 0 aliphatic carbocycles. The highest BCUT2D eigenvalue weighted by atomic mass is 32.1. The Balaban J connectivity index is 2.16. The molecule has 0 saturated carbocycles. The normalized spacial score (nSPS) is 11.0. The number of carbonyl (C=O) groups is 2. The number of hydrogen-bond acceptors (Lipinski definition) is 8. The van der Waals surface area contributed by atoms with Crippen LogP contribution in [0.2, 0.25) is 0 Å². The first-order valence-electron chi connectivity index (χ1n) is 6.32. The summed E-state index contributed by atoms with van der Waals surface area (Å²) in [5.74, 6) is -0.159. The van der Waals surface area contributed by atoms with Crippen LogP contribution in [0.1, 0.15) is 23.0 Å². The number of thiazole rings is 1. The lowest BCUT2D eigenvalue weighted by molar-refractivity contribution is -0.102. The Morgan fingerprint density at radius 1 is 1.50 bits per heavy atom. The lowest BCUT2D eigenvalue weighted by atomic mass is 10.2. The van der Waals surface area contributed by atoms with Crippen LogP contribution in [-0.2, 0) is 9.53 Å². The molecule has 8 heteroatoms. The van der Waals surface area contributed by atoms with Crippen LogP contribution in [0.25, 0.3) is 0 Å². The number of carbonyl (C=O) groups excluding carboxylic acids is 2. The Hall–Kier alpha value is -2.74. The molecule has 0 aliphatic heterocycles. The van der Waals surface area contributed by atoms with Crippen molar-refractivity contribution in [3.05, 3.63) is 40.9 Å². The number of esters is 1. The van der Waals surface area contributed by atoms with Gasteiger partial charge in [0, 0.05) is 5.38 Å². The zero-order valence-electron chi connectivity index (χ0n) is 11.7. The van der Waals surface area contributed by atoms with Gasteiger partial charge in [-0.1, -0.05) is 11.2 Å². The number of ether oxygens (including phenoxy) is 1. The third-order valence-corrected chi connectivity index (χ3v) is 3.16. The molecule has 0 atom stereocenters. The molecular formula is C14H13N3O4S. The maximum atomic E-state index is 11.6. The largest absolute Gasteiger partial charge is 0.462 e. The van der Waals surface area contributed by atoms with Gasteiger partial charge >= 0.3 is 5.97 Å². The first kappa shape index (κ1) is 15.6. The number of benzene rings is 1. The van der Waals surface area contributed by atoms with Gasteiger partial charge in [0.2, 0.25) is 0 Å². The van der Waals surface area contributed by atoms with Crippen LogP contribution in [-0.4, -0.2) is 29.6 Å². The fourth-order valence-corrected chi connectivity index (χ4v) is 2.09. The van der Waals surface area contributed by atoms with E-state index in [0.29, 0.717) is 28.4 Å². The molecule has 2 rings (SSSR count). The molecule has 0 spiro atoms. The predicted octanol–water partition coefficient (Wildman–Crippen LogP) is 1.88. The highest BCUT2D eigenvalue weighted by molar-refractivity contribution is 7.13. The standard InChI is InChI=1S/C14H13N3O4S/c1-2-20-13(19)9-4-3-5-10(6-9)21-17-11(7-18)12-8-22-14(15)16-12/h3-8H,2H2,1H3,(H2,15,16). The van der Waals surface area contributed by atoms with Crippen LogP contribution in [0.3, 0.4) is 0 Å². The summed E-state index contributed by atoms with van der Waals surface area (Å²) in [7, 11) is 0. The van der Waals surface area contributed by atoms with E-state index in [-0.39, 0.29) is 12.3 Å². The number of aromatic nitrogens is 1. The molecule has 1 aromatic heterocycles. The number of aldehydes is 1. The number of nitrogens with two attached hydrogens (primary N) is 1. The van der Waals surface area contributed by atoms with Crippen molar-refractivity contribution in [2.24, 2.45) is 5.16 Å². The summed E-state index contributed by atoms with van der Waals surface area (Å²) in [5, 5.41) is 5.65. The molecule has 1 aromatic carbocycles. The Labute approximate surface area is 130 Å². The van der Waals surface area contributed by atoms with Gasteiger partial charge in [0.15, 0.2) is 22.9 Å². The third kappa shape index (κ3) is 3.89. The Morgan fingerprint density at radius 3 is 2.95 bits per heavy atom. The van der Waals surface area contributed by atoms with Crippen LogP contribution >= 0.6 is 11.3 Å². The first-order valence-corrected chi connectivity index (χ1v) is 7.20. The zero-order valence-corrected chi connectivity index (χ0v) is 12.5. The van der Waals surface area contributed by atoms with E-state index < -0.39 is 5.97 Å². The van der Waals surface area contributed by atoms with Gasteiger partial charge in [-0.25, -0.2) is 9.78 Å². The molecule has 0 saturated heterocycles. The molecule has 1 heterocycles. The molecule has 22 heavy (non-hydrogen) atoms. The smallest absolute Gasteiger partial charge is 0.338 e. The molecule has 0 aliphatic rings. The van der Waals surface area contributed by atoms with Gasteiger partial charge in [-0.15, -0.1) is 11.3 Å². The van der Waals surface area contributed by atoms with Gasteiger partial charge in [0.1, 0.15) is 5.69 Å². The molecular weight excluding hydrogens is 306 g/mol. The van der Waals surface area contributed by atoms with E-state index in [4.69, 9.17) is 15.3 Å². The molecule has 2 aromatic rings. The van der Waals surface area contributed by atoms with E-state index in [1.807, 2.05) is 0 Å². The molecule has 0 bridgehead atoms. The summed E-state index contributed by atoms with van der Waals surface area (Å²) in [6, 6.07) is 6.29. The van der Waals surface area contributed by atoms with Gasteiger partial charge in [0.25, 0.3) is 0 Å². The van der Waals surface area contributed by atoms with Gasteiger partial charge in [0.05, 0.1) is 12.2 Å². The predicted molar refractivity (Wildman–Crippen MR) is 82.2 cm³/mol. The van der Waals surface area contributed by atoms with E-state index in [9.17, 15) is 9.59 Å². The third-order valence-electron chi connectivity index (χ3n) is 2.49. The number of anilines is 1. The summed E-state index contributed by atoms with van der Waals surface area (Å²) >= 11 is 1.19. The molecule has 0 radical (unpaired) electrons. The van der Waals surface area contributed by atoms with Crippen LogP contribution in [0.4, 0.5) is 5.13 Å². The molecule has 2 N–H and O–H groups in total. The second-order valence-corrected chi connectivity index (χ2v) is 4.89. The topological polar surface area (TPSA) is 104 Å². The second-order valence-electron chi connectivity index (χ2n) is 4.00. The minimum atomic E-state index is -0.459. The monoisotopic (exact) mass is 319 g/mol. The zero-order chi connectivity index (χ0) is 15.9. The van der Waals surface area contributed by atoms with Crippen LogP contribution < -0.4 is 10.6 Å². The molecule has 0 fully saturated rings. The highest BCUT2D eigenvalue weighted by Crippen LogP contribution is 2.16. The average molecular weight is 319 g/mol. The molecule has 7 nitrogen and oxygen atoms in total. The number of oxime groups is 1. The van der Waals surface area contributed by atoms with Crippen molar-refractivity contribution < 1.29 is 19.2 Å². The number of rotatable bonds is 6. The lowest BCUT2D eigenvalue weighted by Crippen LogP contribution is -2.06. The van der Waals surface area contributed by atoms with Crippen LogP contribution in [0.5, 0.6) is 5.75 Å². The van der Waals surface area contributed by atoms with Crippen molar-refractivity contribution in [3.63, 3.8) is 0 Å². The summed E-state index contributed by atoms with van der Waals surface area (Å²) < 4.78 is 4.89. The van der Waals surface area contributed by atoms with E-state index in [0.717, 1.165) is 0 Å². The van der Waals surface area contributed by atoms with Gasteiger partial charge in [-0.2, -0.15) is 0 Å². The summed E-state index contributed by atoms with van der Waals surface area (Å²) in [4.78, 5) is 31.8. The lowest BCUT2D eigenvalue weighted by Gasteiger charge is -2.03. The maximum Gasteiger partial charge on any atom is 0.338 e. The molecule has 0 unspecified atom stereocenters. The van der Waals surface area contributed by atoms with Gasteiger partial charge in [-0.05, 0) is 25.1 Å². The Kier molecular flexibility index (Phi) is 5.21. The summed E-state index contributed by atoms with van der Waals surface area (Å²) in [6.45, 7) is 2.00. The fourth-order valence-electron chi connectivity index (χ4n) is 1.53. The molecule has 0 amide bonds. The number of hydrogen-bond donors (Lipinski definition) is 1.